The summed E-state index contributed by atoms with van der Waals surface area (Å²) in [6.07, 6.45) is 0. The predicted molar refractivity (Wildman–Crippen MR) is 31.7 cm³/mol. The van der Waals surface area contributed by atoms with Crippen LogP contribution < -0.4 is 0 Å². The molecular weight excluding hydrogens is 94.1 g/mol. The Morgan fingerprint density at radius 1 is 1.50 bits per heavy atom. The van der Waals surface area contributed by atoms with Crippen molar-refractivity contribution in [3.63, 3.8) is 0 Å². The lowest BCUT2D eigenvalue weighted by atomic mass is 10.3. The topological polar surface area (TPSA) is 23.9 Å². The van der Waals surface area contributed by atoms with E-state index in [9.17, 15) is 0 Å². The molecule has 0 rings (SSSR count). The molecule has 0 spiro atoms. The second-order valence-corrected chi connectivity index (χ2v) is 1.79. The average molecular weight is 101 g/mol. The molecule has 0 fully saturated rings. The number of hydrogen-bond donors (Lipinski definition) is 1. The monoisotopic (exact) mass is 101 g/mol. The molecule has 0 heterocycles. The van der Waals surface area contributed by atoms with Crippen LogP contribution in [0.3, 0.4) is 0 Å². The van der Waals surface area contributed by atoms with E-state index in [1.807, 2.05) is 0 Å². The van der Waals surface area contributed by atoms with Crippen LogP contribution in [0.1, 0.15) is 13.8 Å². The van der Waals surface area contributed by atoms with Crippen molar-refractivity contribution in [2.24, 2.45) is 0 Å². The highest BCUT2D eigenvalue weighted by molar-refractivity contribution is 7.82. The van der Waals surface area contributed by atoms with Crippen LogP contribution in [-0.2, 0) is 0 Å². The van der Waals surface area contributed by atoms with Gasteiger partial charge in [-0.25, -0.2) is 0 Å². The lowest BCUT2D eigenvalue weighted by molar-refractivity contribution is 1.52. The molecule has 1 N–H and O–H groups in total. The Hall–Kier alpha value is -0.240. The lowest BCUT2D eigenvalue weighted by Gasteiger charge is -1.82. The van der Waals surface area contributed by atoms with Crippen LogP contribution in [0.4, 0.5) is 0 Å². The van der Waals surface area contributed by atoms with Crippen molar-refractivity contribution in [2.75, 3.05) is 0 Å². The van der Waals surface area contributed by atoms with E-state index in [1.165, 1.54) is 0 Å². The van der Waals surface area contributed by atoms with E-state index >= 15 is 0 Å². The molecule has 2 heteroatoms. The second kappa shape index (κ2) is 2.03. The van der Waals surface area contributed by atoms with E-state index in [0.717, 1.165) is 0 Å². The lowest BCUT2D eigenvalue weighted by Crippen LogP contribution is -1.97. The van der Waals surface area contributed by atoms with Crippen molar-refractivity contribution in [3.8, 4) is 0 Å². The SMILES string of the molecule is CC(=N)C(C)=S. The van der Waals surface area contributed by atoms with Crippen LogP contribution in [-0.4, -0.2) is 10.6 Å². The van der Waals surface area contributed by atoms with Crippen molar-refractivity contribution in [2.45, 2.75) is 13.8 Å². The summed E-state index contributed by atoms with van der Waals surface area (Å²) in [7, 11) is 0. The molecule has 0 atom stereocenters. The zero-order valence-electron chi connectivity index (χ0n) is 3.91. The molecule has 0 aromatic rings. The van der Waals surface area contributed by atoms with Crippen molar-refractivity contribution >= 4 is 22.8 Å². The fourth-order valence-corrected chi connectivity index (χ4v) is 0. The van der Waals surface area contributed by atoms with Gasteiger partial charge in [-0.15, -0.1) is 0 Å². The molecule has 0 unspecified atom stereocenters. The molecule has 0 aromatic heterocycles. The van der Waals surface area contributed by atoms with Gasteiger partial charge >= 0.3 is 0 Å². The molecule has 0 aliphatic carbocycles. The average Bonchev–Trinajstić information content (AvgIpc) is 1.36. The number of thiocarbonyl (C=S) groups is 1. The number of rotatable bonds is 1. The Morgan fingerprint density at radius 3 is 1.67 bits per heavy atom. The standard InChI is InChI=1S/C4H7NS/c1-3(5)4(2)6/h5H,1-2H3. The molecule has 0 saturated heterocycles. The quantitative estimate of drug-likeness (QED) is 0.392. The molecule has 0 aliphatic rings. The van der Waals surface area contributed by atoms with E-state index in [-0.39, 0.29) is 0 Å². The van der Waals surface area contributed by atoms with Gasteiger partial charge in [-0.2, -0.15) is 0 Å². The summed E-state index contributed by atoms with van der Waals surface area (Å²) < 4.78 is 0. The molecular formula is C4H7NS. The fourth-order valence-electron chi connectivity index (χ4n) is 0. The van der Waals surface area contributed by atoms with Crippen molar-refractivity contribution in [1.29, 1.82) is 5.41 Å². The Kier molecular flexibility index (Phi) is 1.95. The number of nitrogens with one attached hydrogen (secondary N) is 1. The van der Waals surface area contributed by atoms with E-state index < -0.39 is 0 Å². The van der Waals surface area contributed by atoms with E-state index in [4.69, 9.17) is 5.41 Å². The van der Waals surface area contributed by atoms with Crippen molar-refractivity contribution in [3.05, 3.63) is 0 Å². The summed E-state index contributed by atoms with van der Waals surface area (Å²) in [5, 5.41) is 6.81. The summed E-state index contributed by atoms with van der Waals surface area (Å²) >= 11 is 4.59. The van der Waals surface area contributed by atoms with E-state index in [1.54, 1.807) is 13.8 Å². The molecule has 0 bridgehead atoms. The van der Waals surface area contributed by atoms with Crippen molar-refractivity contribution < 1.29 is 0 Å². The van der Waals surface area contributed by atoms with Crippen molar-refractivity contribution in [1.82, 2.24) is 0 Å². The maximum absolute atomic E-state index is 6.81. The Labute approximate surface area is 42.9 Å². The van der Waals surface area contributed by atoms with Gasteiger partial charge in [-0.05, 0) is 13.8 Å². The minimum Gasteiger partial charge on any atom is -0.304 e. The summed E-state index contributed by atoms with van der Waals surface area (Å²) in [6.45, 7) is 3.43. The molecule has 0 saturated carbocycles. The van der Waals surface area contributed by atoms with Gasteiger partial charge in [0.1, 0.15) is 0 Å². The first-order valence-corrected chi connectivity index (χ1v) is 2.11. The van der Waals surface area contributed by atoms with Gasteiger partial charge in [0.15, 0.2) is 0 Å². The number of hydrogen-bond acceptors (Lipinski definition) is 2. The summed E-state index contributed by atoms with van der Waals surface area (Å²) in [5.74, 6) is 0. The third-order valence-electron chi connectivity index (χ3n) is 0.528. The predicted octanol–water partition coefficient (Wildman–Crippen LogP) is 1.42. The normalized spacial score (nSPS) is 7.67. The van der Waals surface area contributed by atoms with Crippen LogP contribution >= 0.6 is 12.2 Å². The maximum Gasteiger partial charge on any atom is 0.0419 e. The molecule has 0 aliphatic heterocycles. The first-order valence-electron chi connectivity index (χ1n) is 1.70. The zero-order valence-corrected chi connectivity index (χ0v) is 4.72. The first kappa shape index (κ1) is 5.76. The molecule has 34 valence electrons. The minimum absolute atomic E-state index is 0.491. The summed E-state index contributed by atoms with van der Waals surface area (Å²) in [5.41, 5.74) is 0.491. The molecule has 0 amide bonds. The summed E-state index contributed by atoms with van der Waals surface area (Å²) in [4.78, 5) is 0.676. The minimum atomic E-state index is 0.491. The zero-order chi connectivity index (χ0) is 5.15. The third-order valence-corrected chi connectivity index (χ3v) is 0.834. The van der Waals surface area contributed by atoms with Gasteiger partial charge in [0.05, 0.1) is 0 Å². The molecule has 1 nitrogen and oxygen atoms in total. The van der Waals surface area contributed by atoms with Gasteiger partial charge in [0, 0.05) is 10.6 Å². The Bertz CT molecular complexity index is 73.5. The largest absolute Gasteiger partial charge is 0.304 e. The molecule has 0 aromatic carbocycles. The fraction of sp³-hybridized carbons (Fsp3) is 0.500. The van der Waals surface area contributed by atoms with Gasteiger partial charge in [0.25, 0.3) is 0 Å². The second-order valence-electron chi connectivity index (χ2n) is 1.18. The molecule has 6 heavy (non-hydrogen) atoms. The van der Waals surface area contributed by atoms with Gasteiger partial charge in [-0.1, -0.05) is 12.2 Å². The highest BCUT2D eigenvalue weighted by atomic mass is 32.1. The molecule has 0 radical (unpaired) electrons. The van der Waals surface area contributed by atoms with E-state index in [2.05, 4.69) is 12.2 Å². The first-order chi connectivity index (χ1) is 2.64. The van der Waals surface area contributed by atoms with Crippen LogP contribution in [0.25, 0.3) is 0 Å². The van der Waals surface area contributed by atoms with Crippen LogP contribution in [0.15, 0.2) is 0 Å². The van der Waals surface area contributed by atoms with Crippen LogP contribution in [0.5, 0.6) is 0 Å². The highest BCUT2D eigenvalue weighted by Crippen LogP contribution is 1.74. The summed E-state index contributed by atoms with van der Waals surface area (Å²) in [6, 6.07) is 0. The van der Waals surface area contributed by atoms with E-state index in [0.29, 0.717) is 10.6 Å². The Morgan fingerprint density at radius 2 is 1.67 bits per heavy atom. The highest BCUT2D eigenvalue weighted by Gasteiger charge is 1.83. The third kappa shape index (κ3) is 2.03. The van der Waals surface area contributed by atoms with Crippen LogP contribution in [0, 0.1) is 5.41 Å². The van der Waals surface area contributed by atoms with Gasteiger partial charge < -0.3 is 5.41 Å². The maximum atomic E-state index is 6.81. The van der Waals surface area contributed by atoms with Gasteiger partial charge in [0.2, 0.25) is 0 Å². The Balaban J connectivity index is 3.57. The van der Waals surface area contributed by atoms with Gasteiger partial charge in [-0.3, -0.25) is 0 Å². The smallest absolute Gasteiger partial charge is 0.0419 e. The van der Waals surface area contributed by atoms with Crippen LogP contribution in [0.2, 0.25) is 0 Å².